The van der Waals surface area contributed by atoms with E-state index in [0.29, 0.717) is 0 Å². The van der Waals surface area contributed by atoms with Gasteiger partial charge in [0.2, 0.25) is 0 Å². The van der Waals surface area contributed by atoms with Crippen LogP contribution in [0, 0.1) is 0 Å². The van der Waals surface area contributed by atoms with Crippen LogP contribution in [-0.2, 0) is 0 Å². The molecule has 0 radical (unpaired) electrons. The Morgan fingerprint density at radius 2 is 1.38 bits per heavy atom. The number of hydrogen-bond donors (Lipinski definition) is 2. The molecule has 2 aromatic rings. The molecule has 4 heteroatoms. The van der Waals surface area contributed by atoms with Gasteiger partial charge in [0, 0.05) is 22.2 Å². The topological polar surface area (TPSA) is 31.6 Å². The molecule has 1 aliphatic rings. The number of H-pyrrole nitrogens is 2. The molecule has 0 aliphatic carbocycles. The molecule has 0 fully saturated rings. The third-order valence-electron chi connectivity index (χ3n) is 2.30. The molecule has 2 nitrogen and oxygen atoms in total. The van der Waals surface area contributed by atoms with Crippen LogP contribution in [0.3, 0.4) is 0 Å². The molecule has 0 bridgehead atoms. The zero-order valence-corrected chi connectivity index (χ0v) is 10.1. The average molecular weight is 246 g/mol. The third kappa shape index (κ3) is 1.86. The fourth-order valence-corrected chi connectivity index (χ4v) is 3.53. The van der Waals surface area contributed by atoms with Crippen LogP contribution in [0.1, 0.15) is 11.4 Å². The molecule has 0 aromatic carbocycles. The van der Waals surface area contributed by atoms with Gasteiger partial charge >= 0.3 is 0 Å². The van der Waals surface area contributed by atoms with Crippen LogP contribution in [0.2, 0.25) is 0 Å². The van der Waals surface area contributed by atoms with E-state index in [2.05, 4.69) is 32.9 Å². The predicted molar refractivity (Wildman–Crippen MR) is 72.7 cm³/mol. The molecule has 0 saturated carbocycles. The summed E-state index contributed by atoms with van der Waals surface area (Å²) in [6.07, 6.45) is 3.90. The molecular weight excluding hydrogens is 236 g/mol. The second kappa shape index (κ2) is 4.31. The molecule has 0 unspecified atom stereocenters. The van der Waals surface area contributed by atoms with Crippen molar-refractivity contribution in [3.8, 4) is 0 Å². The SMILES string of the molecule is C1=C(c2ccc[nH]2)SC(c2ccc[nH]2)=CS1. The van der Waals surface area contributed by atoms with Gasteiger partial charge in [-0.15, -0.1) is 11.8 Å². The van der Waals surface area contributed by atoms with Gasteiger partial charge in [0.05, 0.1) is 11.4 Å². The lowest BCUT2D eigenvalue weighted by Gasteiger charge is -2.12. The summed E-state index contributed by atoms with van der Waals surface area (Å²) in [5.41, 5.74) is 2.35. The van der Waals surface area contributed by atoms with E-state index in [9.17, 15) is 0 Å². The van der Waals surface area contributed by atoms with Crippen LogP contribution in [0.25, 0.3) is 9.81 Å². The molecule has 16 heavy (non-hydrogen) atoms. The first-order chi connectivity index (χ1) is 7.93. The van der Waals surface area contributed by atoms with Gasteiger partial charge in [-0.1, -0.05) is 11.8 Å². The van der Waals surface area contributed by atoms with Crippen LogP contribution in [0.4, 0.5) is 0 Å². The maximum absolute atomic E-state index is 3.23. The molecule has 3 heterocycles. The van der Waals surface area contributed by atoms with Gasteiger partial charge in [0.1, 0.15) is 0 Å². The Kier molecular flexibility index (Phi) is 2.68. The maximum atomic E-state index is 3.23. The van der Waals surface area contributed by atoms with Gasteiger partial charge in [0.15, 0.2) is 0 Å². The minimum absolute atomic E-state index is 1.18. The number of nitrogens with one attached hydrogen (secondary N) is 2. The lowest BCUT2D eigenvalue weighted by Crippen LogP contribution is -1.86. The van der Waals surface area contributed by atoms with E-state index in [0.717, 1.165) is 0 Å². The highest BCUT2D eigenvalue weighted by Crippen LogP contribution is 2.44. The monoisotopic (exact) mass is 246 g/mol. The van der Waals surface area contributed by atoms with Gasteiger partial charge in [-0.05, 0) is 35.1 Å². The molecule has 3 rings (SSSR count). The van der Waals surface area contributed by atoms with Gasteiger partial charge in [-0.2, -0.15) is 0 Å². The van der Waals surface area contributed by atoms with Gasteiger partial charge < -0.3 is 9.97 Å². The zero-order valence-electron chi connectivity index (χ0n) is 8.44. The van der Waals surface area contributed by atoms with Crippen LogP contribution < -0.4 is 0 Å². The molecule has 2 aromatic heterocycles. The fraction of sp³-hybridized carbons (Fsp3) is 0. The highest BCUT2D eigenvalue weighted by Gasteiger charge is 2.13. The van der Waals surface area contributed by atoms with Crippen LogP contribution in [0.5, 0.6) is 0 Å². The Hall–Kier alpha value is -1.26. The standard InChI is InChI=1S/C12H10N2S2/c1-3-9(13-5-1)11-7-15-8-12(16-11)10-4-2-6-14-10/h1-8,13-14H. The maximum Gasteiger partial charge on any atom is 0.0527 e. The largest absolute Gasteiger partial charge is 0.361 e. The summed E-state index contributed by atoms with van der Waals surface area (Å²) in [4.78, 5) is 9.00. The summed E-state index contributed by atoms with van der Waals surface area (Å²) in [6.45, 7) is 0. The summed E-state index contributed by atoms with van der Waals surface area (Å²) in [5, 5.41) is 4.34. The second-order valence-electron chi connectivity index (χ2n) is 3.37. The summed E-state index contributed by atoms with van der Waals surface area (Å²) in [7, 11) is 0. The van der Waals surface area contributed by atoms with Gasteiger partial charge in [-0.3, -0.25) is 0 Å². The Labute approximate surface area is 102 Å². The molecule has 80 valence electrons. The molecule has 0 amide bonds. The lowest BCUT2D eigenvalue weighted by atomic mass is 10.4. The highest BCUT2D eigenvalue weighted by atomic mass is 32.2. The quantitative estimate of drug-likeness (QED) is 0.835. The second-order valence-corrected chi connectivity index (χ2v) is 5.20. The van der Waals surface area contributed by atoms with Crippen molar-refractivity contribution in [2.24, 2.45) is 0 Å². The number of rotatable bonds is 2. The predicted octanol–water partition coefficient (Wildman–Crippen LogP) is 4.12. The fourth-order valence-electron chi connectivity index (χ4n) is 1.53. The Morgan fingerprint density at radius 3 is 1.81 bits per heavy atom. The van der Waals surface area contributed by atoms with E-state index in [1.165, 1.54) is 21.2 Å². The van der Waals surface area contributed by atoms with Crippen molar-refractivity contribution < 1.29 is 0 Å². The number of aromatic amines is 2. The van der Waals surface area contributed by atoms with Crippen LogP contribution >= 0.6 is 23.5 Å². The van der Waals surface area contributed by atoms with Crippen molar-refractivity contribution in [2.75, 3.05) is 0 Å². The Balaban J connectivity index is 1.85. The zero-order chi connectivity index (χ0) is 10.8. The molecule has 0 spiro atoms. The lowest BCUT2D eigenvalue weighted by molar-refractivity contribution is 1.37. The molecule has 0 atom stereocenters. The molecule has 0 saturated heterocycles. The molecular formula is C12H10N2S2. The van der Waals surface area contributed by atoms with E-state index in [1.54, 1.807) is 23.5 Å². The average Bonchev–Trinajstić information content (AvgIpc) is 3.03. The highest BCUT2D eigenvalue weighted by molar-refractivity contribution is 8.20. The van der Waals surface area contributed by atoms with Crippen molar-refractivity contribution in [3.63, 3.8) is 0 Å². The first-order valence-corrected chi connectivity index (χ1v) is 6.70. The van der Waals surface area contributed by atoms with E-state index in [-0.39, 0.29) is 0 Å². The van der Waals surface area contributed by atoms with Crippen LogP contribution in [0.15, 0.2) is 47.5 Å². The van der Waals surface area contributed by atoms with Gasteiger partial charge in [-0.25, -0.2) is 0 Å². The molecule has 1 aliphatic heterocycles. The van der Waals surface area contributed by atoms with Crippen molar-refractivity contribution in [1.29, 1.82) is 0 Å². The summed E-state index contributed by atoms with van der Waals surface area (Å²) < 4.78 is 0. The first kappa shape index (κ1) is 9.93. The third-order valence-corrected chi connectivity index (χ3v) is 4.45. The van der Waals surface area contributed by atoms with Crippen molar-refractivity contribution in [3.05, 3.63) is 58.9 Å². The number of aromatic nitrogens is 2. The Morgan fingerprint density at radius 1 is 0.812 bits per heavy atom. The summed E-state index contributed by atoms with van der Waals surface area (Å²) >= 11 is 3.51. The van der Waals surface area contributed by atoms with Gasteiger partial charge in [0.25, 0.3) is 0 Å². The van der Waals surface area contributed by atoms with Crippen LogP contribution in [-0.4, -0.2) is 9.97 Å². The van der Waals surface area contributed by atoms with Crippen molar-refractivity contribution in [1.82, 2.24) is 9.97 Å². The smallest absolute Gasteiger partial charge is 0.0527 e. The van der Waals surface area contributed by atoms with Crippen molar-refractivity contribution >= 4 is 33.3 Å². The molecule has 2 N–H and O–H groups in total. The summed E-state index contributed by atoms with van der Waals surface area (Å²) in [5.74, 6) is 0. The Bertz CT molecular complexity index is 473. The van der Waals surface area contributed by atoms with E-state index >= 15 is 0 Å². The minimum Gasteiger partial charge on any atom is -0.361 e. The first-order valence-electron chi connectivity index (χ1n) is 4.95. The van der Waals surface area contributed by atoms with E-state index in [4.69, 9.17) is 0 Å². The normalized spacial score (nSPS) is 15.8. The minimum atomic E-state index is 1.18. The van der Waals surface area contributed by atoms with E-state index < -0.39 is 0 Å². The van der Waals surface area contributed by atoms with Crippen molar-refractivity contribution in [2.45, 2.75) is 0 Å². The summed E-state index contributed by atoms with van der Waals surface area (Å²) in [6, 6.07) is 8.23. The van der Waals surface area contributed by atoms with E-state index in [1.807, 2.05) is 24.5 Å². The number of thioether (sulfide) groups is 2. The number of hydrogen-bond acceptors (Lipinski definition) is 2.